The third kappa shape index (κ3) is 5.57. The predicted octanol–water partition coefficient (Wildman–Crippen LogP) is 3.12. The molecule has 2 saturated carbocycles. The number of thioether (sulfide) groups is 1. The summed E-state index contributed by atoms with van der Waals surface area (Å²) in [5.74, 6) is 0.661. The number of carbonyl (C=O) groups excluding carboxylic acids is 2. The molecule has 0 aromatic heterocycles. The van der Waals surface area contributed by atoms with Gasteiger partial charge in [-0.15, -0.1) is 11.8 Å². The van der Waals surface area contributed by atoms with Crippen molar-refractivity contribution in [3.05, 3.63) is 29.8 Å². The molecule has 3 rings (SSSR count). The van der Waals surface area contributed by atoms with Gasteiger partial charge >= 0.3 is 0 Å². The van der Waals surface area contributed by atoms with Crippen LogP contribution in [0.1, 0.15) is 44.1 Å². The summed E-state index contributed by atoms with van der Waals surface area (Å²) in [4.78, 5) is 23.7. The molecule has 0 unspecified atom stereocenters. The van der Waals surface area contributed by atoms with E-state index in [4.69, 9.17) is 0 Å². The third-order valence-corrected chi connectivity index (χ3v) is 5.67. The lowest BCUT2D eigenvalue weighted by Gasteiger charge is -2.09. The van der Waals surface area contributed by atoms with Gasteiger partial charge in [0.25, 0.3) is 0 Å². The molecule has 0 saturated heterocycles. The Kier molecular flexibility index (Phi) is 5.60. The Labute approximate surface area is 141 Å². The molecule has 124 valence electrons. The zero-order valence-electron chi connectivity index (χ0n) is 13.3. The van der Waals surface area contributed by atoms with Crippen molar-refractivity contribution in [2.75, 3.05) is 11.1 Å². The fourth-order valence-corrected chi connectivity index (χ4v) is 3.97. The Hall–Kier alpha value is -1.49. The molecule has 0 radical (unpaired) electrons. The summed E-state index contributed by atoms with van der Waals surface area (Å²) in [7, 11) is 0. The van der Waals surface area contributed by atoms with Crippen molar-refractivity contribution in [2.45, 2.75) is 56.2 Å². The second-order valence-corrected chi connectivity index (χ2v) is 7.77. The smallest absolute Gasteiger partial charge is 0.234 e. The number of amides is 2. The summed E-state index contributed by atoms with van der Waals surface area (Å²) >= 11 is 1.77. The van der Waals surface area contributed by atoms with E-state index < -0.39 is 0 Å². The van der Waals surface area contributed by atoms with Gasteiger partial charge in [0.15, 0.2) is 0 Å². The van der Waals surface area contributed by atoms with Gasteiger partial charge in [0.2, 0.25) is 11.8 Å². The monoisotopic (exact) mass is 332 g/mol. The largest absolute Gasteiger partial charge is 0.353 e. The Balaban J connectivity index is 1.40. The Bertz CT molecular complexity index is 549. The number of carbonyl (C=O) groups is 2. The van der Waals surface area contributed by atoms with Gasteiger partial charge in [0.05, 0.1) is 12.2 Å². The molecule has 5 heteroatoms. The summed E-state index contributed by atoms with van der Waals surface area (Å²) in [6.45, 7) is 0. The standard InChI is InChI=1S/C18H24N2O2S/c21-17(19-15-9-10-15)11-13-5-7-14(8-6-13)20-18(22)12-23-16-3-1-2-4-16/h5-8,15-16H,1-4,9-12H2,(H,19,21)(H,20,22). The van der Waals surface area contributed by atoms with Crippen LogP contribution < -0.4 is 10.6 Å². The highest BCUT2D eigenvalue weighted by atomic mass is 32.2. The van der Waals surface area contributed by atoms with Gasteiger partial charge in [-0.3, -0.25) is 9.59 Å². The van der Waals surface area contributed by atoms with E-state index in [0.29, 0.717) is 23.5 Å². The molecule has 23 heavy (non-hydrogen) atoms. The van der Waals surface area contributed by atoms with Crippen molar-refractivity contribution in [3.63, 3.8) is 0 Å². The minimum Gasteiger partial charge on any atom is -0.353 e. The summed E-state index contributed by atoms with van der Waals surface area (Å²) in [6.07, 6.45) is 7.71. The number of rotatable bonds is 7. The van der Waals surface area contributed by atoms with Crippen LogP contribution in [0.15, 0.2) is 24.3 Å². The molecule has 0 bridgehead atoms. The van der Waals surface area contributed by atoms with Crippen molar-refractivity contribution in [3.8, 4) is 0 Å². The Morgan fingerprint density at radius 1 is 1.00 bits per heavy atom. The molecule has 0 atom stereocenters. The van der Waals surface area contributed by atoms with Crippen molar-refractivity contribution >= 4 is 29.3 Å². The normalized spacial score (nSPS) is 17.9. The van der Waals surface area contributed by atoms with Gasteiger partial charge in [-0.25, -0.2) is 0 Å². The first-order valence-electron chi connectivity index (χ1n) is 8.49. The summed E-state index contributed by atoms with van der Waals surface area (Å²) in [5.41, 5.74) is 1.77. The molecule has 2 amide bonds. The van der Waals surface area contributed by atoms with E-state index in [2.05, 4.69) is 10.6 Å². The molecule has 2 fully saturated rings. The first kappa shape index (κ1) is 16.4. The maximum absolute atomic E-state index is 12.0. The number of benzene rings is 1. The first-order chi connectivity index (χ1) is 11.2. The Morgan fingerprint density at radius 3 is 2.35 bits per heavy atom. The second-order valence-electron chi connectivity index (χ2n) is 6.48. The second kappa shape index (κ2) is 7.86. The average Bonchev–Trinajstić information content (AvgIpc) is 3.18. The van der Waals surface area contributed by atoms with Crippen LogP contribution in [-0.2, 0) is 16.0 Å². The molecule has 2 aliphatic carbocycles. The maximum Gasteiger partial charge on any atom is 0.234 e. The number of nitrogens with one attached hydrogen (secondary N) is 2. The fourth-order valence-electron chi connectivity index (χ4n) is 2.84. The maximum atomic E-state index is 12.0. The van der Waals surface area contributed by atoms with E-state index in [1.165, 1.54) is 25.7 Å². The number of anilines is 1. The van der Waals surface area contributed by atoms with E-state index >= 15 is 0 Å². The van der Waals surface area contributed by atoms with Gasteiger partial charge < -0.3 is 10.6 Å². The molecule has 0 heterocycles. The average molecular weight is 332 g/mol. The molecular weight excluding hydrogens is 308 g/mol. The van der Waals surface area contributed by atoms with Crippen molar-refractivity contribution < 1.29 is 9.59 Å². The van der Waals surface area contributed by atoms with Gasteiger partial charge in [-0.05, 0) is 43.4 Å². The van der Waals surface area contributed by atoms with Crippen molar-refractivity contribution in [2.24, 2.45) is 0 Å². The summed E-state index contributed by atoms with van der Waals surface area (Å²) in [6, 6.07) is 7.96. The first-order valence-corrected chi connectivity index (χ1v) is 9.54. The van der Waals surface area contributed by atoms with Crippen LogP contribution >= 0.6 is 11.8 Å². The van der Waals surface area contributed by atoms with Gasteiger partial charge in [0, 0.05) is 17.0 Å². The van der Waals surface area contributed by atoms with Crippen molar-refractivity contribution in [1.29, 1.82) is 0 Å². The topological polar surface area (TPSA) is 58.2 Å². The molecule has 2 N–H and O–H groups in total. The molecular formula is C18H24N2O2S. The fraction of sp³-hybridized carbons (Fsp3) is 0.556. The highest BCUT2D eigenvalue weighted by Gasteiger charge is 2.23. The van der Waals surface area contributed by atoms with Crippen LogP contribution in [0.4, 0.5) is 5.69 Å². The van der Waals surface area contributed by atoms with E-state index in [9.17, 15) is 9.59 Å². The van der Waals surface area contributed by atoms with Gasteiger partial charge in [-0.2, -0.15) is 0 Å². The van der Waals surface area contributed by atoms with Crippen LogP contribution in [0.3, 0.4) is 0 Å². The quantitative estimate of drug-likeness (QED) is 0.806. The van der Waals surface area contributed by atoms with Gasteiger partial charge in [-0.1, -0.05) is 25.0 Å². The minimum absolute atomic E-state index is 0.0566. The lowest BCUT2D eigenvalue weighted by molar-refractivity contribution is -0.120. The predicted molar refractivity (Wildman–Crippen MR) is 94.7 cm³/mol. The number of hydrogen-bond acceptors (Lipinski definition) is 3. The van der Waals surface area contributed by atoms with Gasteiger partial charge in [0.1, 0.15) is 0 Å². The Morgan fingerprint density at radius 2 is 1.70 bits per heavy atom. The molecule has 1 aromatic rings. The van der Waals surface area contributed by atoms with E-state index in [0.717, 1.165) is 24.1 Å². The highest BCUT2D eigenvalue weighted by Crippen LogP contribution is 2.29. The zero-order chi connectivity index (χ0) is 16.1. The third-order valence-electron chi connectivity index (χ3n) is 4.30. The molecule has 2 aliphatic rings. The van der Waals surface area contributed by atoms with Crippen LogP contribution in [0.2, 0.25) is 0 Å². The van der Waals surface area contributed by atoms with Crippen LogP contribution in [0.25, 0.3) is 0 Å². The molecule has 4 nitrogen and oxygen atoms in total. The molecule has 1 aromatic carbocycles. The van der Waals surface area contributed by atoms with Crippen LogP contribution in [0.5, 0.6) is 0 Å². The highest BCUT2D eigenvalue weighted by molar-refractivity contribution is 8.00. The SMILES string of the molecule is O=C(CSC1CCCC1)Nc1ccc(CC(=O)NC2CC2)cc1. The van der Waals surface area contributed by atoms with Crippen LogP contribution in [0, 0.1) is 0 Å². The lowest BCUT2D eigenvalue weighted by atomic mass is 10.1. The summed E-state index contributed by atoms with van der Waals surface area (Å²) < 4.78 is 0. The van der Waals surface area contributed by atoms with E-state index in [1.807, 2.05) is 24.3 Å². The zero-order valence-corrected chi connectivity index (χ0v) is 14.2. The van der Waals surface area contributed by atoms with E-state index in [1.54, 1.807) is 11.8 Å². The summed E-state index contributed by atoms with van der Waals surface area (Å²) in [5, 5.41) is 6.57. The van der Waals surface area contributed by atoms with Crippen molar-refractivity contribution in [1.82, 2.24) is 5.32 Å². The number of hydrogen-bond donors (Lipinski definition) is 2. The minimum atomic E-state index is 0.0566. The van der Waals surface area contributed by atoms with Crippen LogP contribution in [-0.4, -0.2) is 28.9 Å². The molecule has 0 spiro atoms. The molecule has 0 aliphatic heterocycles. The van der Waals surface area contributed by atoms with E-state index in [-0.39, 0.29) is 11.8 Å². The lowest BCUT2D eigenvalue weighted by Crippen LogP contribution is -2.26.